The molecule has 1 amide bonds. The minimum absolute atomic E-state index is 0.0197. The van der Waals surface area contributed by atoms with Crippen molar-refractivity contribution in [1.82, 2.24) is 5.32 Å². The maximum Gasteiger partial charge on any atom is 0.276 e. The van der Waals surface area contributed by atoms with Crippen LogP contribution in [0.15, 0.2) is 12.1 Å². The Bertz CT molecular complexity index is 630. The highest BCUT2D eigenvalue weighted by atomic mass is 35.5. The van der Waals surface area contributed by atoms with Crippen LogP contribution in [0.2, 0.25) is 10.0 Å². The van der Waals surface area contributed by atoms with E-state index in [4.69, 9.17) is 23.2 Å². The molecule has 0 radical (unpaired) electrons. The van der Waals surface area contributed by atoms with Gasteiger partial charge in [0, 0.05) is 5.56 Å². The molecule has 1 rings (SSSR count). The van der Waals surface area contributed by atoms with E-state index in [2.05, 4.69) is 11.4 Å². The van der Waals surface area contributed by atoms with Crippen molar-refractivity contribution in [3.63, 3.8) is 0 Å². The van der Waals surface area contributed by atoms with Crippen molar-refractivity contribution < 1.29 is 14.5 Å². The zero-order chi connectivity index (χ0) is 17.8. The molecule has 1 aromatic carbocycles. The number of halogens is 3. The Morgan fingerprint density at radius 1 is 1.39 bits per heavy atom. The van der Waals surface area contributed by atoms with Crippen LogP contribution in [0.4, 0.5) is 4.39 Å². The lowest BCUT2D eigenvalue weighted by atomic mass is 9.90. The molecule has 23 heavy (non-hydrogen) atoms. The molecule has 0 heterocycles. The molecule has 1 aromatic rings. The monoisotopic (exact) mass is 360 g/mol. The van der Waals surface area contributed by atoms with Crippen LogP contribution in [-0.4, -0.2) is 18.0 Å². The van der Waals surface area contributed by atoms with E-state index in [9.17, 15) is 14.4 Å². The molecule has 3 N–H and O–H groups in total. The molecule has 2 atom stereocenters. The van der Waals surface area contributed by atoms with Gasteiger partial charge >= 0.3 is 0 Å². The van der Waals surface area contributed by atoms with E-state index in [0.29, 0.717) is 10.6 Å². The predicted octanol–water partition coefficient (Wildman–Crippen LogP) is 2.81. The third-order valence-corrected chi connectivity index (χ3v) is 4.59. The summed E-state index contributed by atoms with van der Waals surface area (Å²) < 4.78 is 13.6. The topological polar surface area (TPSA) is 69.5 Å². The Balaban J connectivity index is 2.70. The van der Waals surface area contributed by atoms with E-state index in [-0.39, 0.29) is 29.4 Å². The number of carbonyl (C=O) groups is 1. The molecule has 0 unspecified atom stereocenters. The number of amides is 1. The van der Waals surface area contributed by atoms with Crippen molar-refractivity contribution in [2.75, 3.05) is 6.54 Å². The standard InChI is InChI=1S/C16H20Cl2FN3O/c1-9(2)16(4,8-20)22-15(23)7-21-10(3)11-5-14(19)13(18)6-12(11)17/h5-6,9-10,21H,7H2,1-4H3,(H,22,23)/p+1/t10-,16-/m1/s1. The summed E-state index contributed by atoms with van der Waals surface area (Å²) in [4.78, 5) is 12.0. The molecule has 126 valence electrons. The van der Waals surface area contributed by atoms with Crippen LogP contribution in [0, 0.1) is 23.1 Å². The van der Waals surface area contributed by atoms with Crippen molar-refractivity contribution in [2.24, 2.45) is 5.92 Å². The first-order valence-electron chi connectivity index (χ1n) is 7.30. The van der Waals surface area contributed by atoms with Crippen molar-refractivity contribution in [3.8, 4) is 6.07 Å². The maximum absolute atomic E-state index is 13.6. The molecule has 0 aliphatic heterocycles. The molecule has 7 heteroatoms. The molecule has 0 fully saturated rings. The number of hydrogen-bond acceptors (Lipinski definition) is 2. The van der Waals surface area contributed by atoms with Gasteiger partial charge < -0.3 is 10.6 Å². The number of rotatable bonds is 6. The number of nitrogens with zero attached hydrogens (tertiary/aromatic N) is 1. The highest BCUT2D eigenvalue weighted by Gasteiger charge is 2.30. The van der Waals surface area contributed by atoms with Crippen molar-refractivity contribution in [2.45, 2.75) is 39.3 Å². The van der Waals surface area contributed by atoms with E-state index in [1.807, 2.05) is 20.8 Å². The fraction of sp³-hybridized carbons (Fsp3) is 0.500. The molecule has 0 spiro atoms. The van der Waals surface area contributed by atoms with Crippen LogP contribution in [0.25, 0.3) is 0 Å². The van der Waals surface area contributed by atoms with Crippen LogP contribution in [-0.2, 0) is 4.79 Å². The quantitative estimate of drug-likeness (QED) is 0.765. The van der Waals surface area contributed by atoms with E-state index in [0.717, 1.165) is 0 Å². The Labute approximate surface area is 146 Å². The van der Waals surface area contributed by atoms with Gasteiger partial charge in [-0.05, 0) is 31.9 Å². The summed E-state index contributed by atoms with van der Waals surface area (Å²) in [5.41, 5.74) is -0.355. The minimum atomic E-state index is -0.918. The molecular formula is C16H21Cl2FN3O+. The largest absolute Gasteiger partial charge is 0.333 e. The van der Waals surface area contributed by atoms with Crippen LogP contribution in [0.5, 0.6) is 0 Å². The molecule has 0 bridgehead atoms. The number of benzene rings is 1. The summed E-state index contributed by atoms with van der Waals surface area (Å²) in [6.07, 6.45) is 0. The lowest BCUT2D eigenvalue weighted by Gasteiger charge is -2.27. The number of nitriles is 1. The highest BCUT2D eigenvalue weighted by molar-refractivity contribution is 6.35. The number of hydrogen-bond donors (Lipinski definition) is 2. The average Bonchev–Trinajstić information content (AvgIpc) is 2.48. The third-order valence-electron chi connectivity index (χ3n) is 3.97. The summed E-state index contributed by atoms with van der Waals surface area (Å²) in [5.74, 6) is -0.832. The van der Waals surface area contributed by atoms with Crippen molar-refractivity contribution in [3.05, 3.63) is 33.6 Å². The van der Waals surface area contributed by atoms with Gasteiger partial charge in [0.15, 0.2) is 6.54 Å². The van der Waals surface area contributed by atoms with Gasteiger partial charge in [-0.3, -0.25) is 4.79 Å². The SMILES string of the molecule is CC(C)[C@@](C)(C#N)NC(=O)C[NH2+][C@H](C)c1cc(F)c(Cl)cc1Cl. The summed E-state index contributed by atoms with van der Waals surface area (Å²) >= 11 is 11.7. The van der Waals surface area contributed by atoms with Gasteiger partial charge in [-0.1, -0.05) is 37.0 Å². The van der Waals surface area contributed by atoms with Crippen LogP contribution in [0.1, 0.15) is 39.3 Å². The van der Waals surface area contributed by atoms with Crippen LogP contribution in [0.3, 0.4) is 0 Å². The molecule has 0 saturated heterocycles. The first kappa shape index (κ1) is 19.7. The van der Waals surface area contributed by atoms with Crippen molar-refractivity contribution >= 4 is 29.1 Å². The van der Waals surface area contributed by atoms with Gasteiger partial charge in [-0.2, -0.15) is 5.26 Å². The van der Waals surface area contributed by atoms with Crippen molar-refractivity contribution in [1.29, 1.82) is 5.26 Å². The first-order chi connectivity index (χ1) is 10.6. The summed E-state index contributed by atoms with van der Waals surface area (Å²) in [5, 5.41) is 14.0. The Morgan fingerprint density at radius 2 is 2.00 bits per heavy atom. The first-order valence-corrected chi connectivity index (χ1v) is 8.06. The predicted molar refractivity (Wildman–Crippen MR) is 88.6 cm³/mol. The number of nitrogens with one attached hydrogen (secondary N) is 1. The second-order valence-corrected chi connectivity index (χ2v) is 6.85. The van der Waals surface area contributed by atoms with Gasteiger partial charge in [-0.15, -0.1) is 0 Å². The van der Waals surface area contributed by atoms with Gasteiger partial charge in [0.25, 0.3) is 5.91 Å². The molecule has 0 aliphatic rings. The summed E-state index contributed by atoms with van der Waals surface area (Å²) in [7, 11) is 0. The highest BCUT2D eigenvalue weighted by Crippen LogP contribution is 2.27. The van der Waals surface area contributed by atoms with Gasteiger partial charge in [0.1, 0.15) is 17.4 Å². The smallest absolute Gasteiger partial charge is 0.276 e. The van der Waals surface area contributed by atoms with E-state index >= 15 is 0 Å². The van der Waals surface area contributed by atoms with E-state index in [1.165, 1.54) is 12.1 Å². The van der Waals surface area contributed by atoms with Gasteiger partial charge in [-0.25, -0.2) is 4.39 Å². The number of carbonyl (C=O) groups excluding carboxylic acids is 1. The molecule has 0 aliphatic carbocycles. The van der Waals surface area contributed by atoms with Crippen LogP contribution < -0.4 is 10.6 Å². The maximum atomic E-state index is 13.6. The molecular weight excluding hydrogens is 340 g/mol. The average molecular weight is 361 g/mol. The Morgan fingerprint density at radius 3 is 2.52 bits per heavy atom. The zero-order valence-electron chi connectivity index (χ0n) is 13.6. The van der Waals surface area contributed by atoms with Crippen LogP contribution >= 0.6 is 23.2 Å². The fourth-order valence-corrected chi connectivity index (χ4v) is 2.49. The lowest BCUT2D eigenvalue weighted by Crippen LogP contribution is -2.87. The zero-order valence-corrected chi connectivity index (χ0v) is 15.1. The van der Waals surface area contributed by atoms with E-state index in [1.54, 1.807) is 12.2 Å². The Hall–Kier alpha value is -1.35. The van der Waals surface area contributed by atoms with Gasteiger partial charge in [0.2, 0.25) is 0 Å². The Kier molecular flexibility index (Phi) is 6.82. The second-order valence-electron chi connectivity index (χ2n) is 6.03. The normalized spacial score (nSPS) is 14.9. The minimum Gasteiger partial charge on any atom is -0.333 e. The molecule has 0 aromatic heterocycles. The summed E-state index contributed by atoms with van der Waals surface area (Å²) in [6, 6.07) is 4.52. The molecule has 4 nitrogen and oxygen atoms in total. The molecule has 0 saturated carbocycles. The summed E-state index contributed by atoms with van der Waals surface area (Å²) in [6.45, 7) is 7.34. The number of quaternary nitrogens is 1. The third kappa shape index (κ3) is 5.07. The second kappa shape index (κ2) is 7.96. The fourth-order valence-electron chi connectivity index (χ4n) is 1.94. The van der Waals surface area contributed by atoms with E-state index < -0.39 is 11.4 Å². The number of nitrogens with two attached hydrogens (primary N) is 1. The van der Waals surface area contributed by atoms with Gasteiger partial charge in [0.05, 0.1) is 16.1 Å². The lowest BCUT2D eigenvalue weighted by molar-refractivity contribution is -0.682.